The number of halogens is 1. The van der Waals surface area contributed by atoms with Crippen LogP contribution in [0.3, 0.4) is 0 Å². The zero-order valence-electron chi connectivity index (χ0n) is 10.1. The second kappa shape index (κ2) is 5.76. The van der Waals surface area contributed by atoms with E-state index >= 15 is 0 Å². The van der Waals surface area contributed by atoms with Crippen LogP contribution < -0.4 is 0 Å². The van der Waals surface area contributed by atoms with Gasteiger partial charge in [-0.25, -0.2) is 8.42 Å². The summed E-state index contributed by atoms with van der Waals surface area (Å²) in [7, 11) is -3.58. The van der Waals surface area contributed by atoms with E-state index in [0.717, 1.165) is 3.57 Å². The lowest BCUT2D eigenvalue weighted by molar-refractivity contribution is -0.142. The van der Waals surface area contributed by atoms with E-state index in [-0.39, 0.29) is 11.4 Å². The van der Waals surface area contributed by atoms with E-state index in [9.17, 15) is 13.2 Å². The molecule has 0 radical (unpaired) electrons. The summed E-state index contributed by atoms with van der Waals surface area (Å²) in [5.74, 6) is -1.53. The highest BCUT2D eigenvalue weighted by molar-refractivity contribution is 14.1. The third-order valence-corrected chi connectivity index (χ3v) is 5.78. The van der Waals surface area contributed by atoms with Crippen molar-refractivity contribution in [1.82, 2.24) is 4.31 Å². The Morgan fingerprint density at radius 3 is 2.53 bits per heavy atom. The number of aliphatic carboxylic acids is 1. The van der Waals surface area contributed by atoms with Crippen LogP contribution in [0.2, 0.25) is 0 Å². The maximum Gasteiger partial charge on any atom is 0.307 e. The molecule has 1 fully saturated rings. The van der Waals surface area contributed by atoms with Crippen LogP contribution in [-0.2, 0) is 14.8 Å². The van der Waals surface area contributed by atoms with Crippen molar-refractivity contribution in [3.63, 3.8) is 0 Å². The van der Waals surface area contributed by atoms with Crippen LogP contribution in [0.1, 0.15) is 12.8 Å². The summed E-state index contributed by atoms with van der Waals surface area (Å²) in [5, 5.41) is 9.01. The lowest BCUT2D eigenvalue weighted by atomic mass is 10.0. The van der Waals surface area contributed by atoms with Crippen molar-refractivity contribution in [1.29, 1.82) is 0 Å². The topological polar surface area (TPSA) is 74.7 Å². The summed E-state index contributed by atoms with van der Waals surface area (Å²) >= 11 is 2.10. The van der Waals surface area contributed by atoms with Crippen LogP contribution >= 0.6 is 22.6 Å². The van der Waals surface area contributed by atoms with Crippen LogP contribution in [0, 0.1) is 9.49 Å². The van der Waals surface area contributed by atoms with Gasteiger partial charge in [-0.3, -0.25) is 4.79 Å². The smallest absolute Gasteiger partial charge is 0.307 e. The molecule has 7 heteroatoms. The van der Waals surface area contributed by atoms with Crippen molar-refractivity contribution < 1.29 is 18.3 Å². The van der Waals surface area contributed by atoms with E-state index < -0.39 is 21.9 Å². The number of nitrogens with zero attached hydrogens (tertiary/aromatic N) is 1. The average Bonchev–Trinajstić information content (AvgIpc) is 2.39. The third kappa shape index (κ3) is 3.26. The third-order valence-electron chi connectivity index (χ3n) is 3.18. The van der Waals surface area contributed by atoms with Gasteiger partial charge in [-0.15, -0.1) is 0 Å². The Morgan fingerprint density at radius 2 is 1.95 bits per heavy atom. The molecule has 0 bridgehead atoms. The predicted octanol–water partition coefficient (Wildman–Crippen LogP) is 1.78. The molecule has 19 heavy (non-hydrogen) atoms. The zero-order chi connectivity index (χ0) is 14.0. The summed E-state index contributed by atoms with van der Waals surface area (Å²) in [6, 6.07) is 6.57. The van der Waals surface area contributed by atoms with E-state index in [1.54, 1.807) is 24.3 Å². The lowest BCUT2D eigenvalue weighted by Gasteiger charge is -2.29. The van der Waals surface area contributed by atoms with E-state index in [1.807, 2.05) is 0 Å². The molecule has 0 spiro atoms. The molecule has 1 atom stereocenters. The number of piperidine rings is 1. The first-order chi connectivity index (χ1) is 8.91. The summed E-state index contributed by atoms with van der Waals surface area (Å²) < 4.78 is 27.0. The Kier molecular flexibility index (Phi) is 4.46. The summed E-state index contributed by atoms with van der Waals surface area (Å²) in [4.78, 5) is 11.2. The molecule has 2 rings (SSSR count). The Hall–Kier alpha value is -0.670. The Morgan fingerprint density at radius 1 is 1.32 bits per heavy atom. The SMILES string of the molecule is O=C(O)[C@@H]1CCCN(S(=O)(=O)c2ccc(I)cc2)C1. The number of rotatable bonds is 3. The minimum absolute atomic E-state index is 0.0592. The monoisotopic (exact) mass is 395 g/mol. The van der Waals surface area contributed by atoms with E-state index in [2.05, 4.69) is 22.6 Å². The number of benzene rings is 1. The van der Waals surface area contributed by atoms with Gasteiger partial charge in [-0.05, 0) is 59.7 Å². The molecular weight excluding hydrogens is 381 g/mol. The highest BCUT2D eigenvalue weighted by Crippen LogP contribution is 2.24. The molecule has 5 nitrogen and oxygen atoms in total. The Labute approximate surface area is 125 Å². The molecule has 0 aromatic heterocycles. The summed E-state index contributed by atoms with van der Waals surface area (Å²) in [5.41, 5.74) is 0. The molecular formula is C12H14INO4S. The van der Waals surface area contributed by atoms with Crippen molar-refractivity contribution in [2.75, 3.05) is 13.1 Å². The Bertz CT molecular complexity index is 570. The maximum absolute atomic E-state index is 12.4. The highest BCUT2D eigenvalue weighted by Gasteiger charge is 2.33. The maximum atomic E-state index is 12.4. The van der Waals surface area contributed by atoms with Gasteiger partial charge in [-0.2, -0.15) is 4.31 Å². The van der Waals surface area contributed by atoms with E-state index in [0.29, 0.717) is 19.4 Å². The number of carboxylic acid groups (broad SMARTS) is 1. The van der Waals surface area contributed by atoms with Crippen LogP contribution in [0.25, 0.3) is 0 Å². The quantitative estimate of drug-likeness (QED) is 0.792. The molecule has 104 valence electrons. The lowest BCUT2D eigenvalue weighted by Crippen LogP contribution is -2.42. The largest absolute Gasteiger partial charge is 0.481 e. The second-order valence-electron chi connectivity index (χ2n) is 4.49. The van der Waals surface area contributed by atoms with E-state index in [4.69, 9.17) is 5.11 Å². The summed E-state index contributed by atoms with van der Waals surface area (Å²) in [6.07, 6.45) is 1.12. The first-order valence-corrected chi connectivity index (χ1v) is 8.41. The molecule has 0 saturated carbocycles. The highest BCUT2D eigenvalue weighted by atomic mass is 127. The van der Waals surface area contributed by atoms with Crippen molar-refractivity contribution in [3.05, 3.63) is 27.8 Å². The minimum Gasteiger partial charge on any atom is -0.481 e. The number of hydrogen-bond acceptors (Lipinski definition) is 3. The molecule has 1 aromatic carbocycles. The summed E-state index contributed by atoms with van der Waals surface area (Å²) in [6.45, 7) is 0.446. The molecule has 1 aromatic rings. The van der Waals surface area contributed by atoms with Gasteiger partial charge >= 0.3 is 5.97 Å². The molecule has 0 aliphatic carbocycles. The molecule has 1 N–H and O–H groups in total. The fourth-order valence-electron chi connectivity index (χ4n) is 2.12. The van der Waals surface area contributed by atoms with Crippen molar-refractivity contribution in [2.45, 2.75) is 17.7 Å². The van der Waals surface area contributed by atoms with Gasteiger partial charge in [0.2, 0.25) is 10.0 Å². The van der Waals surface area contributed by atoms with Crippen LogP contribution in [0.15, 0.2) is 29.2 Å². The van der Waals surface area contributed by atoms with Crippen molar-refractivity contribution in [2.24, 2.45) is 5.92 Å². The minimum atomic E-state index is -3.58. The van der Waals surface area contributed by atoms with Gasteiger partial charge in [-0.1, -0.05) is 0 Å². The first kappa shape index (κ1) is 14.7. The van der Waals surface area contributed by atoms with Gasteiger partial charge in [0.05, 0.1) is 10.8 Å². The number of carboxylic acids is 1. The standard InChI is InChI=1S/C12H14INO4S/c13-10-3-5-11(6-4-10)19(17,18)14-7-1-2-9(8-14)12(15)16/h3-6,9H,1-2,7-8H2,(H,15,16)/t9-/m1/s1. The van der Waals surface area contributed by atoms with Gasteiger partial charge in [0.15, 0.2) is 0 Å². The van der Waals surface area contributed by atoms with Gasteiger partial charge in [0.1, 0.15) is 0 Å². The molecule has 1 aliphatic heterocycles. The zero-order valence-corrected chi connectivity index (χ0v) is 13.1. The van der Waals surface area contributed by atoms with Gasteiger partial charge in [0.25, 0.3) is 0 Å². The molecule has 1 aliphatic rings. The van der Waals surface area contributed by atoms with Crippen LogP contribution in [0.5, 0.6) is 0 Å². The number of carbonyl (C=O) groups is 1. The van der Waals surface area contributed by atoms with Gasteiger partial charge < -0.3 is 5.11 Å². The van der Waals surface area contributed by atoms with Gasteiger partial charge in [0, 0.05) is 16.7 Å². The fraction of sp³-hybridized carbons (Fsp3) is 0.417. The van der Waals surface area contributed by atoms with Crippen LogP contribution in [0.4, 0.5) is 0 Å². The normalized spacial score (nSPS) is 21.2. The van der Waals surface area contributed by atoms with E-state index in [1.165, 1.54) is 4.31 Å². The number of hydrogen-bond donors (Lipinski definition) is 1. The van der Waals surface area contributed by atoms with Crippen molar-refractivity contribution in [3.8, 4) is 0 Å². The van der Waals surface area contributed by atoms with Crippen LogP contribution in [-0.4, -0.2) is 36.9 Å². The second-order valence-corrected chi connectivity index (χ2v) is 7.68. The fourth-order valence-corrected chi connectivity index (χ4v) is 4.00. The Balaban J connectivity index is 2.24. The first-order valence-electron chi connectivity index (χ1n) is 5.90. The molecule has 1 saturated heterocycles. The molecule has 1 heterocycles. The average molecular weight is 395 g/mol. The molecule has 0 unspecified atom stereocenters. The van der Waals surface area contributed by atoms with Crippen molar-refractivity contribution >= 4 is 38.6 Å². The predicted molar refractivity (Wildman–Crippen MR) is 78.3 cm³/mol. The molecule has 0 amide bonds. The number of sulfonamides is 1.